The number of carbonyl (C=O) groups is 1. The monoisotopic (exact) mass is 228 g/mol. The summed E-state index contributed by atoms with van der Waals surface area (Å²) in [6.07, 6.45) is 3.07. The maximum absolute atomic E-state index is 11.1. The van der Waals surface area contributed by atoms with E-state index in [4.69, 9.17) is 15.3 Å². The summed E-state index contributed by atoms with van der Waals surface area (Å²) in [4.78, 5) is 11.1. The van der Waals surface area contributed by atoms with E-state index in [0.29, 0.717) is 0 Å². The van der Waals surface area contributed by atoms with Crippen LogP contribution in [0.4, 0.5) is 0 Å². The van der Waals surface area contributed by atoms with Crippen molar-refractivity contribution in [1.29, 1.82) is 0 Å². The molecular formula is C10H16N2O4. The molecule has 16 heavy (non-hydrogen) atoms. The smallest absolute Gasteiger partial charge is 0.336 e. The van der Waals surface area contributed by atoms with Crippen molar-refractivity contribution < 1.29 is 20.1 Å². The number of nitrogens with zero attached hydrogens (tertiary/aromatic N) is 2. The molecule has 0 aliphatic heterocycles. The maximum atomic E-state index is 11.1. The number of aliphatic hydroxyl groups excluding tert-OH is 2. The van der Waals surface area contributed by atoms with Crippen LogP contribution < -0.4 is 0 Å². The number of rotatable bonds is 5. The van der Waals surface area contributed by atoms with Crippen LogP contribution in [0.1, 0.15) is 25.3 Å². The number of hydrogen-bond acceptors (Lipinski definition) is 4. The molecule has 0 bridgehead atoms. The van der Waals surface area contributed by atoms with Gasteiger partial charge in [0.15, 0.2) is 0 Å². The highest BCUT2D eigenvalue weighted by atomic mass is 16.4. The second-order valence-corrected chi connectivity index (χ2v) is 4.03. The normalized spacial score (nSPS) is 12.1. The summed E-state index contributed by atoms with van der Waals surface area (Å²) in [6.45, 7) is 2.47. The first-order valence-corrected chi connectivity index (χ1v) is 4.98. The quantitative estimate of drug-likeness (QED) is 0.647. The van der Waals surface area contributed by atoms with Gasteiger partial charge < -0.3 is 15.3 Å². The van der Waals surface area contributed by atoms with E-state index in [1.54, 1.807) is 0 Å². The Kier molecular flexibility index (Phi) is 3.66. The first-order valence-electron chi connectivity index (χ1n) is 4.98. The standard InChI is InChI=1S/C10H16N2O4/c1-7(2)8-3-11-12(4-8)10(5-13,6-14)9(15)16/h3-4,7,13-14H,5-6H2,1-2H3,(H,15,16). The molecule has 90 valence electrons. The molecule has 0 aromatic carbocycles. The van der Waals surface area contributed by atoms with Gasteiger partial charge in [-0.05, 0) is 11.5 Å². The number of hydrogen-bond donors (Lipinski definition) is 3. The minimum atomic E-state index is -1.78. The van der Waals surface area contributed by atoms with E-state index in [1.807, 2.05) is 13.8 Å². The molecule has 0 unspecified atom stereocenters. The minimum absolute atomic E-state index is 0.206. The molecule has 0 saturated carbocycles. The molecule has 0 saturated heterocycles. The third-order valence-electron chi connectivity index (χ3n) is 2.63. The van der Waals surface area contributed by atoms with Crippen LogP contribution in [0.15, 0.2) is 12.4 Å². The van der Waals surface area contributed by atoms with Gasteiger partial charge in [0, 0.05) is 6.20 Å². The average Bonchev–Trinajstić information content (AvgIpc) is 2.70. The van der Waals surface area contributed by atoms with Crippen molar-refractivity contribution >= 4 is 5.97 Å². The van der Waals surface area contributed by atoms with Gasteiger partial charge in [-0.1, -0.05) is 13.8 Å². The lowest BCUT2D eigenvalue weighted by Crippen LogP contribution is -2.49. The van der Waals surface area contributed by atoms with Crippen LogP contribution in [-0.4, -0.2) is 44.3 Å². The lowest BCUT2D eigenvalue weighted by molar-refractivity contribution is -0.153. The highest BCUT2D eigenvalue weighted by Crippen LogP contribution is 2.19. The summed E-state index contributed by atoms with van der Waals surface area (Å²) < 4.78 is 1.10. The largest absolute Gasteiger partial charge is 0.479 e. The molecule has 0 aliphatic carbocycles. The van der Waals surface area contributed by atoms with Crippen molar-refractivity contribution in [2.24, 2.45) is 0 Å². The third kappa shape index (κ3) is 1.94. The summed E-state index contributed by atoms with van der Waals surface area (Å²) in [7, 11) is 0. The van der Waals surface area contributed by atoms with Crippen LogP contribution in [-0.2, 0) is 10.3 Å². The van der Waals surface area contributed by atoms with Gasteiger partial charge in [0.2, 0.25) is 5.54 Å². The van der Waals surface area contributed by atoms with Crippen LogP contribution in [0.3, 0.4) is 0 Å². The number of carboxylic acid groups (broad SMARTS) is 1. The second kappa shape index (κ2) is 4.63. The highest BCUT2D eigenvalue weighted by Gasteiger charge is 2.40. The zero-order valence-electron chi connectivity index (χ0n) is 9.29. The fourth-order valence-electron chi connectivity index (χ4n) is 1.30. The van der Waals surface area contributed by atoms with Crippen molar-refractivity contribution in [3.63, 3.8) is 0 Å². The van der Waals surface area contributed by atoms with Crippen molar-refractivity contribution in [2.45, 2.75) is 25.3 Å². The van der Waals surface area contributed by atoms with Gasteiger partial charge in [0.1, 0.15) is 0 Å². The fraction of sp³-hybridized carbons (Fsp3) is 0.600. The Labute approximate surface area is 93.1 Å². The predicted octanol–water partition coefficient (Wildman–Crippen LogP) is -0.229. The minimum Gasteiger partial charge on any atom is -0.479 e. The van der Waals surface area contributed by atoms with E-state index >= 15 is 0 Å². The summed E-state index contributed by atoms with van der Waals surface area (Å²) in [5, 5.41) is 31.2. The molecule has 0 fully saturated rings. The Balaban J connectivity index is 3.16. The zero-order valence-corrected chi connectivity index (χ0v) is 9.29. The molecule has 0 radical (unpaired) electrons. The van der Waals surface area contributed by atoms with E-state index < -0.39 is 24.7 Å². The van der Waals surface area contributed by atoms with Gasteiger partial charge in [-0.2, -0.15) is 5.10 Å². The van der Waals surface area contributed by atoms with E-state index in [-0.39, 0.29) is 5.92 Å². The first kappa shape index (κ1) is 12.7. The zero-order chi connectivity index (χ0) is 12.3. The van der Waals surface area contributed by atoms with Crippen molar-refractivity contribution in [1.82, 2.24) is 9.78 Å². The second-order valence-electron chi connectivity index (χ2n) is 4.03. The summed E-state index contributed by atoms with van der Waals surface area (Å²) >= 11 is 0. The molecular weight excluding hydrogens is 212 g/mol. The van der Waals surface area contributed by atoms with Gasteiger partial charge >= 0.3 is 5.97 Å². The summed E-state index contributed by atoms with van der Waals surface area (Å²) in [6, 6.07) is 0. The molecule has 1 rings (SSSR count). The molecule has 0 spiro atoms. The molecule has 1 aromatic rings. The SMILES string of the molecule is CC(C)c1cnn(C(CO)(CO)C(=O)O)c1. The Morgan fingerprint density at radius 2 is 2.06 bits per heavy atom. The molecule has 6 heteroatoms. The van der Waals surface area contributed by atoms with Gasteiger partial charge in [-0.3, -0.25) is 4.68 Å². The number of aliphatic hydroxyl groups is 2. The van der Waals surface area contributed by atoms with Crippen LogP contribution in [0, 0.1) is 0 Å². The number of aromatic nitrogens is 2. The van der Waals surface area contributed by atoms with E-state index in [1.165, 1.54) is 12.4 Å². The Morgan fingerprint density at radius 1 is 1.50 bits per heavy atom. The third-order valence-corrected chi connectivity index (χ3v) is 2.63. The highest BCUT2D eigenvalue weighted by molar-refractivity contribution is 5.77. The van der Waals surface area contributed by atoms with Crippen molar-refractivity contribution in [2.75, 3.05) is 13.2 Å². The van der Waals surface area contributed by atoms with Gasteiger partial charge in [-0.25, -0.2) is 4.79 Å². The van der Waals surface area contributed by atoms with E-state index in [0.717, 1.165) is 10.2 Å². The Bertz CT molecular complexity index is 369. The maximum Gasteiger partial charge on any atom is 0.336 e. The van der Waals surface area contributed by atoms with E-state index in [9.17, 15) is 4.79 Å². The molecule has 6 nitrogen and oxygen atoms in total. The lowest BCUT2D eigenvalue weighted by atomic mass is 10.0. The van der Waals surface area contributed by atoms with E-state index in [2.05, 4.69) is 5.10 Å². The van der Waals surface area contributed by atoms with Gasteiger partial charge in [0.25, 0.3) is 0 Å². The predicted molar refractivity (Wildman–Crippen MR) is 56.1 cm³/mol. The van der Waals surface area contributed by atoms with Gasteiger partial charge in [0.05, 0.1) is 19.4 Å². The molecule has 3 N–H and O–H groups in total. The summed E-state index contributed by atoms with van der Waals surface area (Å²) in [5.41, 5.74) is -0.930. The Morgan fingerprint density at radius 3 is 2.38 bits per heavy atom. The van der Waals surface area contributed by atoms with Crippen LogP contribution in [0.5, 0.6) is 0 Å². The molecule has 0 aliphatic rings. The Hall–Kier alpha value is -1.40. The summed E-state index contributed by atoms with van der Waals surface area (Å²) in [5.74, 6) is -1.10. The van der Waals surface area contributed by atoms with Crippen molar-refractivity contribution in [3.8, 4) is 0 Å². The van der Waals surface area contributed by atoms with Crippen molar-refractivity contribution in [3.05, 3.63) is 18.0 Å². The molecule has 0 amide bonds. The average molecular weight is 228 g/mol. The van der Waals surface area contributed by atoms with Gasteiger partial charge in [-0.15, -0.1) is 0 Å². The molecule has 0 atom stereocenters. The number of aliphatic carboxylic acids is 1. The molecule has 1 aromatic heterocycles. The fourth-order valence-corrected chi connectivity index (χ4v) is 1.30. The number of carboxylic acids is 1. The lowest BCUT2D eigenvalue weighted by Gasteiger charge is -2.25. The van der Waals surface area contributed by atoms with Crippen LogP contribution in [0.2, 0.25) is 0 Å². The molecule has 1 heterocycles. The van der Waals surface area contributed by atoms with Crippen LogP contribution >= 0.6 is 0 Å². The topological polar surface area (TPSA) is 95.6 Å². The first-order chi connectivity index (χ1) is 7.47. The van der Waals surface area contributed by atoms with Crippen LogP contribution in [0.25, 0.3) is 0 Å².